The summed E-state index contributed by atoms with van der Waals surface area (Å²) in [6.45, 7) is 4.13. The van der Waals surface area contributed by atoms with Crippen LogP contribution in [0.5, 0.6) is 0 Å². The Labute approximate surface area is 79.6 Å². The standard InChI is InChI=1S/C8H11F3N2O/c1-5(2)6-3-12-7(14)13(6)4-8(9,10)11/h6H,1,3-4H2,2H3,(H,12,14)/t6-/m0/s1. The Morgan fingerprint density at radius 3 is 2.71 bits per heavy atom. The molecule has 3 nitrogen and oxygen atoms in total. The van der Waals surface area contributed by atoms with Gasteiger partial charge >= 0.3 is 12.2 Å². The van der Waals surface area contributed by atoms with Crippen LogP contribution in [0.25, 0.3) is 0 Å². The molecule has 0 aromatic carbocycles. The Morgan fingerprint density at radius 1 is 1.71 bits per heavy atom. The molecule has 1 atom stereocenters. The second-order valence-electron chi connectivity index (χ2n) is 3.29. The van der Waals surface area contributed by atoms with E-state index in [1.807, 2.05) is 0 Å². The van der Waals surface area contributed by atoms with Crippen LogP contribution >= 0.6 is 0 Å². The Morgan fingerprint density at radius 2 is 2.29 bits per heavy atom. The first-order chi connectivity index (χ1) is 6.31. The van der Waals surface area contributed by atoms with Crippen molar-refractivity contribution in [2.75, 3.05) is 13.1 Å². The summed E-state index contributed by atoms with van der Waals surface area (Å²) >= 11 is 0. The van der Waals surface area contributed by atoms with Gasteiger partial charge in [-0.3, -0.25) is 0 Å². The highest BCUT2D eigenvalue weighted by Crippen LogP contribution is 2.22. The number of hydrogen-bond acceptors (Lipinski definition) is 1. The zero-order valence-corrected chi connectivity index (χ0v) is 7.69. The van der Waals surface area contributed by atoms with Crippen molar-refractivity contribution >= 4 is 6.03 Å². The van der Waals surface area contributed by atoms with Crippen LogP contribution in [-0.4, -0.2) is 36.2 Å². The second-order valence-corrected chi connectivity index (χ2v) is 3.29. The number of carbonyl (C=O) groups excluding carboxylic acids is 1. The molecular formula is C8H11F3N2O. The van der Waals surface area contributed by atoms with Crippen molar-refractivity contribution < 1.29 is 18.0 Å². The number of nitrogens with one attached hydrogen (secondary N) is 1. The van der Waals surface area contributed by atoms with Crippen molar-refractivity contribution in [2.24, 2.45) is 0 Å². The van der Waals surface area contributed by atoms with Gasteiger partial charge < -0.3 is 10.2 Å². The lowest BCUT2D eigenvalue weighted by molar-refractivity contribution is -0.140. The number of carbonyl (C=O) groups is 1. The molecule has 1 aliphatic rings. The lowest BCUT2D eigenvalue weighted by atomic mass is 10.1. The molecule has 1 heterocycles. The van der Waals surface area contributed by atoms with Crippen LogP contribution in [0.4, 0.5) is 18.0 Å². The molecule has 1 rings (SSSR count). The molecule has 1 saturated heterocycles. The summed E-state index contributed by atoms with van der Waals surface area (Å²) in [6, 6.07) is -1.24. The Hall–Kier alpha value is -1.20. The third kappa shape index (κ3) is 2.40. The highest BCUT2D eigenvalue weighted by molar-refractivity contribution is 5.77. The average molecular weight is 208 g/mol. The molecule has 1 N–H and O–H groups in total. The number of urea groups is 1. The number of amides is 2. The highest BCUT2D eigenvalue weighted by Gasteiger charge is 2.39. The van der Waals surface area contributed by atoms with Gasteiger partial charge in [-0.15, -0.1) is 0 Å². The van der Waals surface area contributed by atoms with Gasteiger partial charge in [-0.25, -0.2) is 4.79 Å². The van der Waals surface area contributed by atoms with Gasteiger partial charge in [0.05, 0.1) is 6.04 Å². The predicted molar refractivity (Wildman–Crippen MR) is 44.8 cm³/mol. The molecule has 0 bridgehead atoms. The smallest absolute Gasteiger partial charge is 0.336 e. The van der Waals surface area contributed by atoms with Gasteiger partial charge in [-0.1, -0.05) is 12.2 Å². The zero-order chi connectivity index (χ0) is 10.9. The van der Waals surface area contributed by atoms with E-state index in [1.165, 1.54) is 0 Å². The van der Waals surface area contributed by atoms with Crippen molar-refractivity contribution in [3.05, 3.63) is 12.2 Å². The van der Waals surface area contributed by atoms with Gasteiger partial charge in [-0.2, -0.15) is 13.2 Å². The number of hydrogen-bond donors (Lipinski definition) is 1. The molecule has 0 aromatic heterocycles. The largest absolute Gasteiger partial charge is 0.406 e. The molecule has 6 heteroatoms. The minimum Gasteiger partial charge on any atom is -0.336 e. The van der Waals surface area contributed by atoms with Gasteiger partial charge in [0.1, 0.15) is 6.54 Å². The van der Waals surface area contributed by atoms with Crippen LogP contribution in [0, 0.1) is 0 Å². The fourth-order valence-corrected chi connectivity index (χ4v) is 1.35. The summed E-state index contributed by atoms with van der Waals surface area (Å²) in [5, 5.41) is 2.35. The molecular weight excluding hydrogens is 197 g/mol. The van der Waals surface area contributed by atoms with Gasteiger partial charge in [-0.05, 0) is 6.92 Å². The number of nitrogens with zero attached hydrogens (tertiary/aromatic N) is 1. The summed E-state index contributed by atoms with van der Waals surface area (Å²) in [4.78, 5) is 11.8. The van der Waals surface area contributed by atoms with Crippen molar-refractivity contribution in [3.8, 4) is 0 Å². The van der Waals surface area contributed by atoms with Crippen LogP contribution in [0.2, 0.25) is 0 Å². The van der Waals surface area contributed by atoms with Crippen molar-refractivity contribution in [1.82, 2.24) is 10.2 Å². The fourth-order valence-electron chi connectivity index (χ4n) is 1.35. The number of rotatable bonds is 2. The van der Waals surface area contributed by atoms with Crippen LogP contribution in [0.3, 0.4) is 0 Å². The van der Waals surface area contributed by atoms with Crippen LogP contribution in [0.15, 0.2) is 12.2 Å². The monoisotopic (exact) mass is 208 g/mol. The van der Waals surface area contributed by atoms with E-state index in [0.29, 0.717) is 5.57 Å². The Balaban J connectivity index is 2.72. The van der Waals surface area contributed by atoms with Crippen molar-refractivity contribution in [3.63, 3.8) is 0 Å². The maximum absolute atomic E-state index is 12.1. The quantitative estimate of drug-likeness (QED) is 0.685. The SMILES string of the molecule is C=C(C)[C@@H]1CNC(=O)N1CC(F)(F)F. The van der Waals surface area contributed by atoms with E-state index >= 15 is 0 Å². The topological polar surface area (TPSA) is 32.3 Å². The lowest BCUT2D eigenvalue weighted by Crippen LogP contribution is -2.41. The van der Waals surface area contributed by atoms with E-state index in [2.05, 4.69) is 11.9 Å². The van der Waals surface area contributed by atoms with E-state index in [4.69, 9.17) is 0 Å². The zero-order valence-electron chi connectivity index (χ0n) is 7.69. The minimum atomic E-state index is -4.37. The van der Waals surface area contributed by atoms with Gasteiger partial charge in [0, 0.05) is 6.54 Å². The first-order valence-corrected chi connectivity index (χ1v) is 4.08. The van der Waals surface area contributed by atoms with Gasteiger partial charge in [0.2, 0.25) is 0 Å². The van der Waals surface area contributed by atoms with Crippen LogP contribution in [-0.2, 0) is 0 Å². The fraction of sp³-hybridized carbons (Fsp3) is 0.625. The predicted octanol–water partition coefficient (Wildman–Crippen LogP) is 1.52. The van der Waals surface area contributed by atoms with E-state index in [1.54, 1.807) is 6.92 Å². The van der Waals surface area contributed by atoms with Crippen molar-refractivity contribution in [2.45, 2.75) is 19.1 Å². The molecule has 1 aliphatic heterocycles. The highest BCUT2D eigenvalue weighted by atomic mass is 19.4. The summed E-state index contributed by atoms with van der Waals surface area (Å²) in [6.07, 6.45) is -4.37. The van der Waals surface area contributed by atoms with E-state index in [-0.39, 0.29) is 6.54 Å². The second kappa shape index (κ2) is 3.51. The molecule has 0 spiro atoms. The average Bonchev–Trinajstić information content (AvgIpc) is 2.29. The Kier molecular flexibility index (Phi) is 2.73. The van der Waals surface area contributed by atoms with E-state index < -0.39 is 24.8 Å². The van der Waals surface area contributed by atoms with Crippen LogP contribution < -0.4 is 5.32 Å². The molecule has 14 heavy (non-hydrogen) atoms. The molecule has 0 aromatic rings. The normalized spacial score (nSPS) is 22.4. The Bertz CT molecular complexity index is 262. The molecule has 0 saturated carbocycles. The third-order valence-corrected chi connectivity index (χ3v) is 2.00. The summed E-state index contributed by atoms with van der Waals surface area (Å²) < 4.78 is 36.2. The summed E-state index contributed by atoms with van der Waals surface area (Å²) in [5.41, 5.74) is 0.549. The maximum Gasteiger partial charge on any atom is 0.406 e. The maximum atomic E-state index is 12.1. The number of halogens is 3. The van der Waals surface area contributed by atoms with E-state index in [0.717, 1.165) is 4.90 Å². The molecule has 0 radical (unpaired) electrons. The number of alkyl halides is 3. The molecule has 1 fully saturated rings. The van der Waals surface area contributed by atoms with Gasteiger partial charge in [0.25, 0.3) is 0 Å². The summed E-state index contributed by atoms with van der Waals surface area (Å²) in [7, 11) is 0. The molecule has 0 unspecified atom stereocenters. The molecule has 0 aliphatic carbocycles. The third-order valence-electron chi connectivity index (χ3n) is 2.00. The molecule has 80 valence electrons. The van der Waals surface area contributed by atoms with Gasteiger partial charge in [0.15, 0.2) is 0 Å². The first kappa shape index (κ1) is 10.9. The summed E-state index contributed by atoms with van der Waals surface area (Å²) in [5.74, 6) is 0. The minimum absolute atomic E-state index is 0.199. The molecule has 2 amide bonds. The van der Waals surface area contributed by atoms with E-state index in [9.17, 15) is 18.0 Å². The van der Waals surface area contributed by atoms with Crippen molar-refractivity contribution in [1.29, 1.82) is 0 Å². The first-order valence-electron chi connectivity index (χ1n) is 4.08. The lowest BCUT2D eigenvalue weighted by Gasteiger charge is -2.24. The van der Waals surface area contributed by atoms with Crippen LogP contribution in [0.1, 0.15) is 6.92 Å².